The number of aromatic nitrogens is 2. The molecular formula is C33H31N3O3. The van der Waals surface area contributed by atoms with Gasteiger partial charge in [-0.1, -0.05) is 66.7 Å². The molecule has 6 nitrogen and oxygen atoms in total. The normalized spacial score (nSPS) is 21.7. The summed E-state index contributed by atoms with van der Waals surface area (Å²) in [4.78, 5) is 29.0. The van der Waals surface area contributed by atoms with Gasteiger partial charge in [0.05, 0.1) is 17.4 Å². The molecule has 39 heavy (non-hydrogen) atoms. The fourth-order valence-corrected chi connectivity index (χ4v) is 6.97. The van der Waals surface area contributed by atoms with Gasteiger partial charge in [-0.3, -0.25) is 4.79 Å². The Bertz CT molecular complexity index is 1470. The number of ether oxygens (including phenoxy) is 1. The Morgan fingerprint density at radius 1 is 0.821 bits per heavy atom. The van der Waals surface area contributed by atoms with Crippen molar-refractivity contribution < 1.29 is 14.3 Å². The monoisotopic (exact) mass is 517 g/mol. The number of fused-ring (bicyclic) bond motifs is 5. The van der Waals surface area contributed by atoms with Crippen LogP contribution in [0.2, 0.25) is 0 Å². The van der Waals surface area contributed by atoms with Crippen LogP contribution in [-0.2, 0) is 4.74 Å². The second-order valence-electron chi connectivity index (χ2n) is 11.0. The summed E-state index contributed by atoms with van der Waals surface area (Å²) in [6.07, 6.45) is 7.51. The van der Waals surface area contributed by atoms with Gasteiger partial charge in [-0.25, -0.2) is 9.48 Å². The van der Waals surface area contributed by atoms with Gasteiger partial charge >= 0.3 is 6.09 Å². The molecule has 7 rings (SSSR count). The van der Waals surface area contributed by atoms with Crippen molar-refractivity contribution in [2.75, 3.05) is 6.61 Å². The van der Waals surface area contributed by atoms with E-state index in [-0.39, 0.29) is 35.8 Å². The van der Waals surface area contributed by atoms with Crippen LogP contribution in [0.15, 0.2) is 91.3 Å². The van der Waals surface area contributed by atoms with Crippen LogP contribution in [0.3, 0.4) is 0 Å². The number of para-hydroxylation sites is 1. The molecule has 1 amide bonds. The highest BCUT2D eigenvalue weighted by Crippen LogP contribution is 2.45. The van der Waals surface area contributed by atoms with Crippen molar-refractivity contribution in [3.63, 3.8) is 0 Å². The number of piperidine rings is 2. The van der Waals surface area contributed by atoms with E-state index in [9.17, 15) is 9.59 Å². The molecule has 6 heteroatoms. The summed E-state index contributed by atoms with van der Waals surface area (Å²) in [5, 5.41) is 4.42. The molecule has 0 spiro atoms. The van der Waals surface area contributed by atoms with Crippen LogP contribution in [0.25, 0.3) is 16.8 Å². The molecule has 2 bridgehead atoms. The Hall–Kier alpha value is -4.19. The molecule has 0 radical (unpaired) electrons. The van der Waals surface area contributed by atoms with Crippen LogP contribution < -0.4 is 0 Å². The van der Waals surface area contributed by atoms with Crippen molar-refractivity contribution in [2.24, 2.45) is 5.92 Å². The zero-order valence-corrected chi connectivity index (χ0v) is 21.8. The molecule has 4 aromatic rings. The van der Waals surface area contributed by atoms with Crippen LogP contribution in [0.1, 0.15) is 59.5 Å². The average molecular weight is 518 g/mol. The summed E-state index contributed by atoms with van der Waals surface area (Å²) in [6, 6.07) is 26.7. The number of hydrogen-bond acceptors (Lipinski definition) is 4. The third-order valence-corrected chi connectivity index (χ3v) is 8.78. The lowest BCUT2D eigenvalue weighted by Gasteiger charge is -2.47. The van der Waals surface area contributed by atoms with Crippen molar-refractivity contribution in [3.8, 4) is 16.8 Å². The molecule has 2 atom stereocenters. The van der Waals surface area contributed by atoms with Gasteiger partial charge in [0.2, 0.25) is 0 Å². The van der Waals surface area contributed by atoms with E-state index in [0.717, 1.165) is 24.9 Å². The number of rotatable bonds is 5. The zero-order chi connectivity index (χ0) is 26.3. The predicted molar refractivity (Wildman–Crippen MR) is 149 cm³/mol. The van der Waals surface area contributed by atoms with Gasteiger partial charge in [0.15, 0.2) is 5.78 Å². The molecule has 2 fully saturated rings. The maximum atomic E-state index is 13.5. The first kappa shape index (κ1) is 23.9. The van der Waals surface area contributed by atoms with Crippen molar-refractivity contribution in [3.05, 3.63) is 108 Å². The van der Waals surface area contributed by atoms with E-state index in [1.54, 1.807) is 10.9 Å². The van der Waals surface area contributed by atoms with E-state index < -0.39 is 0 Å². The summed E-state index contributed by atoms with van der Waals surface area (Å²) in [7, 11) is 0. The Morgan fingerprint density at radius 3 is 2.10 bits per heavy atom. The average Bonchev–Trinajstić information content (AvgIpc) is 3.59. The topological polar surface area (TPSA) is 64.4 Å². The smallest absolute Gasteiger partial charge is 0.410 e. The Kier molecular flexibility index (Phi) is 6.03. The minimum Gasteiger partial charge on any atom is -0.448 e. The lowest BCUT2D eigenvalue weighted by atomic mass is 9.76. The molecule has 3 heterocycles. The highest BCUT2D eigenvalue weighted by atomic mass is 16.6. The lowest BCUT2D eigenvalue weighted by molar-refractivity contribution is 0.00651. The molecule has 2 aliphatic heterocycles. The number of amides is 1. The van der Waals surface area contributed by atoms with Crippen molar-refractivity contribution >= 4 is 11.9 Å². The van der Waals surface area contributed by atoms with Gasteiger partial charge in [-0.2, -0.15) is 5.10 Å². The van der Waals surface area contributed by atoms with E-state index in [2.05, 4.69) is 53.6 Å². The van der Waals surface area contributed by atoms with Gasteiger partial charge in [0.25, 0.3) is 0 Å². The number of carbonyl (C=O) groups excluding carboxylic acids is 2. The molecule has 1 aliphatic carbocycles. The first-order chi connectivity index (χ1) is 19.2. The van der Waals surface area contributed by atoms with E-state index in [1.165, 1.54) is 22.3 Å². The molecule has 0 N–H and O–H groups in total. The fourth-order valence-electron chi connectivity index (χ4n) is 6.97. The molecule has 1 aromatic heterocycles. The summed E-state index contributed by atoms with van der Waals surface area (Å²) >= 11 is 0. The second kappa shape index (κ2) is 9.84. The molecular weight excluding hydrogens is 486 g/mol. The van der Waals surface area contributed by atoms with Gasteiger partial charge in [-0.05, 0) is 66.5 Å². The maximum Gasteiger partial charge on any atom is 0.410 e. The summed E-state index contributed by atoms with van der Waals surface area (Å²) in [5.74, 6) is 0.0640. The SMILES string of the molecule is O=C(c1cnn(-c2ccccc2)c1)C1CC2CCCC(C1)N2C(=O)OCC1c2ccccc2-c2ccccc21. The lowest BCUT2D eigenvalue weighted by Crippen LogP contribution is -2.55. The highest BCUT2D eigenvalue weighted by Gasteiger charge is 2.44. The van der Waals surface area contributed by atoms with Crippen molar-refractivity contribution in [1.82, 2.24) is 14.7 Å². The molecule has 196 valence electrons. The van der Waals surface area contributed by atoms with Gasteiger partial charge in [-0.15, -0.1) is 0 Å². The first-order valence-corrected chi connectivity index (χ1v) is 13.9. The first-order valence-electron chi connectivity index (χ1n) is 13.9. The van der Waals surface area contributed by atoms with Crippen LogP contribution >= 0.6 is 0 Å². The Balaban J connectivity index is 1.04. The maximum absolute atomic E-state index is 13.5. The van der Waals surface area contributed by atoms with Gasteiger partial charge in [0, 0.05) is 30.1 Å². The number of hydrogen-bond donors (Lipinski definition) is 0. The minimum absolute atomic E-state index is 0.0336. The van der Waals surface area contributed by atoms with Crippen LogP contribution in [0, 0.1) is 5.92 Å². The molecule has 3 aromatic carbocycles. The Labute approximate surface area is 228 Å². The molecule has 2 saturated heterocycles. The summed E-state index contributed by atoms with van der Waals surface area (Å²) < 4.78 is 7.79. The second-order valence-corrected chi connectivity index (χ2v) is 11.0. The summed E-state index contributed by atoms with van der Waals surface area (Å²) in [5.41, 5.74) is 6.44. The van der Waals surface area contributed by atoms with Gasteiger partial charge in [0.1, 0.15) is 6.61 Å². The quantitative estimate of drug-likeness (QED) is 0.279. The van der Waals surface area contributed by atoms with E-state index in [1.807, 2.05) is 41.4 Å². The fraction of sp³-hybridized carbons (Fsp3) is 0.303. The van der Waals surface area contributed by atoms with Crippen molar-refractivity contribution in [1.29, 1.82) is 0 Å². The largest absolute Gasteiger partial charge is 0.448 e. The Morgan fingerprint density at radius 2 is 1.44 bits per heavy atom. The number of ketones is 1. The minimum atomic E-state index is -0.241. The number of carbonyl (C=O) groups is 2. The number of Topliss-reactive ketones (excluding diaryl/α,β-unsaturated/α-hetero) is 1. The van der Waals surface area contributed by atoms with E-state index in [0.29, 0.717) is 25.0 Å². The van der Waals surface area contributed by atoms with Crippen molar-refractivity contribution in [2.45, 2.75) is 50.1 Å². The standard InChI is InChI=1S/C33H31N3O3/c37-32(23-19-34-35(20-23)24-9-2-1-3-10-24)22-17-25-11-8-12-26(18-22)36(25)33(38)39-21-31-29-15-6-4-13-27(29)28-14-5-7-16-30(28)31/h1-7,9-10,13-16,19-20,22,25-26,31H,8,11-12,17-18,21H2. The third-order valence-electron chi connectivity index (χ3n) is 8.78. The number of benzene rings is 3. The van der Waals surface area contributed by atoms with Crippen LogP contribution in [-0.4, -0.2) is 45.2 Å². The molecule has 3 aliphatic rings. The number of nitrogens with zero attached hydrogens (tertiary/aromatic N) is 3. The molecule has 0 saturated carbocycles. The van der Waals surface area contributed by atoms with Crippen LogP contribution in [0.4, 0.5) is 4.79 Å². The highest BCUT2D eigenvalue weighted by molar-refractivity contribution is 5.97. The van der Waals surface area contributed by atoms with E-state index >= 15 is 0 Å². The summed E-state index contributed by atoms with van der Waals surface area (Å²) in [6.45, 7) is 0.323. The van der Waals surface area contributed by atoms with Crippen LogP contribution in [0.5, 0.6) is 0 Å². The molecule has 2 unspecified atom stereocenters. The third kappa shape index (κ3) is 4.24. The predicted octanol–water partition coefficient (Wildman–Crippen LogP) is 6.64. The van der Waals surface area contributed by atoms with Gasteiger partial charge < -0.3 is 9.64 Å². The zero-order valence-electron chi connectivity index (χ0n) is 21.8. The van der Waals surface area contributed by atoms with E-state index in [4.69, 9.17) is 4.74 Å².